The third-order valence-electron chi connectivity index (χ3n) is 1.65. The van der Waals surface area contributed by atoms with E-state index in [-0.39, 0.29) is 5.82 Å². The Morgan fingerprint density at radius 1 is 1.50 bits per heavy atom. The molecular weight excluding hydrogens is 183 g/mol. The van der Waals surface area contributed by atoms with Gasteiger partial charge in [0.15, 0.2) is 11.6 Å². The highest BCUT2D eigenvalue weighted by Gasteiger charge is 2.05. The Bertz CT molecular complexity index is 325. The minimum absolute atomic E-state index is 0.221. The zero-order valence-electron chi connectivity index (χ0n) is 8.00. The zero-order chi connectivity index (χ0) is 10.4. The van der Waals surface area contributed by atoms with Crippen molar-refractivity contribution in [2.75, 3.05) is 18.4 Å². The Balaban J connectivity index is 2.59. The Labute approximate surface area is 82.1 Å². The quantitative estimate of drug-likeness (QED) is 0.701. The second-order valence-electron chi connectivity index (χ2n) is 2.71. The summed E-state index contributed by atoms with van der Waals surface area (Å²) < 4.78 is 13.3. The molecule has 0 saturated heterocycles. The Hall–Kier alpha value is -1.49. The average Bonchev–Trinajstić information content (AvgIpc) is 2.19. The maximum absolute atomic E-state index is 13.3. The maximum atomic E-state index is 13.3. The number of nitrogens with zero attached hydrogens (tertiary/aromatic N) is 2. The number of aromatic nitrogens is 2. The van der Waals surface area contributed by atoms with Crippen molar-refractivity contribution in [2.45, 2.75) is 6.92 Å². The van der Waals surface area contributed by atoms with Crippen LogP contribution in [0.15, 0.2) is 18.5 Å². The highest BCUT2D eigenvalue weighted by Crippen LogP contribution is 2.10. The minimum Gasteiger partial charge on any atom is -0.364 e. The highest BCUT2D eigenvalue weighted by atomic mass is 19.1. The highest BCUT2D eigenvalue weighted by molar-refractivity contribution is 5.37. The number of aryl methyl sites for hydroxylation is 1. The predicted molar refractivity (Wildman–Crippen MR) is 53.4 cm³/mol. The van der Waals surface area contributed by atoms with E-state index in [9.17, 15) is 4.39 Å². The monoisotopic (exact) mass is 196 g/mol. The van der Waals surface area contributed by atoms with Gasteiger partial charge in [0.25, 0.3) is 0 Å². The lowest BCUT2D eigenvalue weighted by molar-refractivity contribution is 0.605. The molecular formula is C9H13FN4. The molecule has 0 aliphatic heterocycles. The van der Waals surface area contributed by atoms with Crippen LogP contribution in [0, 0.1) is 12.7 Å². The number of hydrogen-bond donors (Lipinski definition) is 2. The average molecular weight is 196 g/mol. The van der Waals surface area contributed by atoms with E-state index in [0.717, 1.165) is 0 Å². The molecule has 0 saturated carbocycles. The van der Waals surface area contributed by atoms with Crippen LogP contribution in [0.2, 0.25) is 0 Å². The van der Waals surface area contributed by atoms with Crippen LogP contribution in [0.1, 0.15) is 5.69 Å². The molecule has 0 radical (unpaired) electrons. The number of anilines is 1. The van der Waals surface area contributed by atoms with Gasteiger partial charge in [-0.15, -0.1) is 0 Å². The molecule has 0 aliphatic carbocycles. The van der Waals surface area contributed by atoms with Crippen LogP contribution in [-0.2, 0) is 0 Å². The number of nitrogens with one attached hydrogen (secondary N) is 1. The molecule has 0 amide bonds. The summed E-state index contributed by atoms with van der Waals surface area (Å²) in [4.78, 5) is 7.49. The second-order valence-corrected chi connectivity index (χ2v) is 2.71. The van der Waals surface area contributed by atoms with Gasteiger partial charge in [-0.3, -0.25) is 0 Å². The summed E-state index contributed by atoms with van der Waals surface area (Å²) in [6.45, 7) is 2.58. The standard InChI is InChI=1S/C9H13FN4/c1-7-8(10)9(14-6-13-7)12-5-3-2-4-11/h2-3,6H,4-5,11H2,1H3,(H,12,13,14)/b3-2+. The van der Waals surface area contributed by atoms with Gasteiger partial charge in [0, 0.05) is 13.1 Å². The fourth-order valence-electron chi connectivity index (χ4n) is 0.916. The summed E-state index contributed by atoms with van der Waals surface area (Å²) in [5.41, 5.74) is 5.59. The van der Waals surface area contributed by atoms with E-state index in [1.807, 2.05) is 6.08 Å². The number of hydrogen-bond acceptors (Lipinski definition) is 4. The summed E-state index contributed by atoms with van der Waals surface area (Å²) in [6, 6.07) is 0. The van der Waals surface area contributed by atoms with Gasteiger partial charge >= 0.3 is 0 Å². The van der Waals surface area contributed by atoms with Gasteiger partial charge in [0.2, 0.25) is 0 Å². The second kappa shape index (κ2) is 5.29. The van der Waals surface area contributed by atoms with Crippen LogP contribution in [0.4, 0.5) is 10.2 Å². The van der Waals surface area contributed by atoms with E-state index in [2.05, 4.69) is 15.3 Å². The molecule has 76 valence electrons. The summed E-state index contributed by atoms with van der Waals surface area (Å²) in [6.07, 6.45) is 4.93. The first-order valence-electron chi connectivity index (χ1n) is 4.31. The van der Waals surface area contributed by atoms with Crippen molar-refractivity contribution in [3.05, 3.63) is 30.0 Å². The first-order valence-corrected chi connectivity index (χ1v) is 4.31. The van der Waals surface area contributed by atoms with Crippen molar-refractivity contribution in [3.63, 3.8) is 0 Å². The molecule has 4 nitrogen and oxygen atoms in total. The Morgan fingerprint density at radius 3 is 3.00 bits per heavy atom. The van der Waals surface area contributed by atoms with Crippen LogP contribution in [0.25, 0.3) is 0 Å². The van der Waals surface area contributed by atoms with E-state index in [1.54, 1.807) is 13.0 Å². The largest absolute Gasteiger partial charge is 0.364 e. The maximum Gasteiger partial charge on any atom is 0.186 e. The number of halogens is 1. The SMILES string of the molecule is Cc1ncnc(NC/C=C/CN)c1F. The molecule has 1 heterocycles. The van der Waals surface area contributed by atoms with Gasteiger partial charge < -0.3 is 11.1 Å². The van der Waals surface area contributed by atoms with Gasteiger partial charge in [-0.1, -0.05) is 12.2 Å². The van der Waals surface area contributed by atoms with Crippen LogP contribution < -0.4 is 11.1 Å². The van der Waals surface area contributed by atoms with Gasteiger partial charge in [-0.05, 0) is 6.92 Å². The minimum atomic E-state index is -0.409. The van der Waals surface area contributed by atoms with Crippen LogP contribution in [0.5, 0.6) is 0 Å². The van der Waals surface area contributed by atoms with Gasteiger partial charge in [-0.25, -0.2) is 14.4 Å². The summed E-state index contributed by atoms with van der Waals surface area (Å²) in [5.74, 6) is -0.187. The lowest BCUT2D eigenvalue weighted by Crippen LogP contribution is -2.06. The smallest absolute Gasteiger partial charge is 0.186 e. The number of nitrogens with two attached hydrogens (primary N) is 1. The normalized spacial score (nSPS) is 10.8. The predicted octanol–water partition coefficient (Wildman–Crippen LogP) is 0.851. The molecule has 14 heavy (non-hydrogen) atoms. The van der Waals surface area contributed by atoms with E-state index >= 15 is 0 Å². The van der Waals surface area contributed by atoms with Crippen molar-refractivity contribution in [2.24, 2.45) is 5.73 Å². The van der Waals surface area contributed by atoms with Gasteiger partial charge in [-0.2, -0.15) is 0 Å². The topological polar surface area (TPSA) is 63.8 Å². The molecule has 0 bridgehead atoms. The van der Waals surface area contributed by atoms with Crippen LogP contribution in [0.3, 0.4) is 0 Å². The van der Waals surface area contributed by atoms with Crippen LogP contribution >= 0.6 is 0 Å². The Morgan fingerprint density at radius 2 is 2.29 bits per heavy atom. The first kappa shape index (κ1) is 10.6. The van der Waals surface area contributed by atoms with Crippen molar-refractivity contribution in [3.8, 4) is 0 Å². The van der Waals surface area contributed by atoms with Crippen molar-refractivity contribution >= 4 is 5.82 Å². The molecule has 0 spiro atoms. The molecule has 0 fully saturated rings. The van der Waals surface area contributed by atoms with Crippen LogP contribution in [-0.4, -0.2) is 23.1 Å². The molecule has 0 aliphatic rings. The summed E-state index contributed by atoms with van der Waals surface area (Å²) in [5, 5.41) is 2.82. The zero-order valence-corrected chi connectivity index (χ0v) is 8.00. The van der Waals surface area contributed by atoms with E-state index < -0.39 is 5.82 Å². The van der Waals surface area contributed by atoms with Gasteiger partial charge in [0.1, 0.15) is 6.33 Å². The van der Waals surface area contributed by atoms with Gasteiger partial charge in [0.05, 0.1) is 5.69 Å². The molecule has 5 heteroatoms. The third-order valence-corrected chi connectivity index (χ3v) is 1.65. The molecule has 0 unspecified atom stereocenters. The van der Waals surface area contributed by atoms with E-state index in [4.69, 9.17) is 5.73 Å². The summed E-state index contributed by atoms with van der Waals surface area (Å²) >= 11 is 0. The van der Waals surface area contributed by atoms with E-state index in [0.29, 0.717) is 18.8 Å². The molecule has 0 atom stereocenters. The fourth-order valence-corrected chi connectivity index (χ4v) is 0.916. The molecule has 1 rings (SSSR count). The molecule has 0 aromatic carbocycles. The first-order chi connectivity index (χ1) is 6.75. The van der Waals surface area contributed by atoms with Crippen molar-refractivity contribution in [1.82, 2.24) is 9.97 Å². The van der Waals surface area contributed by atoms with Crippen molar-refractivity contribution in [1.29, 1.82) is 0 Å². The molecule has 1 aromatic rings. The number of rotatable bonds is 4. The Kier molecular flexibility index (Phi) is 4.00. The fraction of sp³-hybridized carbons (Fsp3) is 0.333. The summed E-state index contributed by atoms with van der Waals surface area (Å²) in [7, 11) is 0. The van der Waals surface area contributed by atoms with E-state index in [1.165, 1.54) is 6.33 Å². The van der Waals surface area contributed by atoms with Crippen molar-refractivity contribution < 1.29 is 4.39 Å². The lowest BCUT2D eigenvalue weighted by Gasteiger charge is -2.04. The third kappa shape index (κ3) is 2.77. The molecule has 1 aromatic heterocycles. The molecule has 3 N–H and O–H groups in total. The lowest BCUT2D eigenvalue weighted by atomic mass is 10.4.